The van der Waals surface area contributed by atoms with E-state index < -0.39 is 19.8 Å². The summed E-state index contributed by atoms with van der Waals surface area (Å²) in [6, 6.07) is 9.33. The molecule has 0 N–H and O–H groups in total. The lowest BCUT2D eigenvalue weighted by atomic mass is 10.2. The Labute approximate surface area is 92.2 Å². The average molecular weight is 226 g/mol. The van der Waals surface area contributed by atoms with Crippen molar-refractivity contribution in [3.05, 3.63) is 35.9 Å². The molecular weight excluding hydrogens is 208 g/mol. The molecule has 15 heavy (non-hydrogen) atoms. The first-order chi connectivity index (χ1) is 6.77. The second kappa shape index (κ2) is 3.97. The van der Waals surface area contributed by atoms with E-state index in [1.165, 1.54) is 0 Å². The molecule has 0 aromatic heterocycles. The molecule has 1 aromatic rings. The van der Waals surface area contributed by atoms with Crippen molar-refractivity contribution in [1.29, 1.82) is 0 Å². The highest BCUT2D eigenvalue weighted by atomic mass is 32.2. The summed E-state index contributed by atoms with van der Waals surface area (Å²) in [5.74, 6) is 0. The molecule has 0 unspecified atom stereocenters. The molecule has 0 saturated heterocycles. The maximum atomic E-state index is 12.2. The Hall–Kier alpha value is -0.830. The minimum atomic E-state index is -3.13. The highest BCUT2D eigenvalue weighted by Crippen LogP contribution is 2.30. The Kier molecular flexibility index (Phi) is 3.24. The first-order valence-corrected chi connectivity index (χ1v) is 6.60. The molecule has 0 aliphatic heterocycles. The molecule has 1 aromatic carbocycles. The van der Waals surface area contributed by atoms with Gasteiger partial charge in [-0.05, 0) is 33.3 Å². The maximum Gasteiger partial charge on any atom is 0.161 e. The molecule has 0 bridgehead atoms. The van der Waals surface area contributed by atoms with E-state index in [0.29, 0.717) is 0 Å². The Morgan fingerprint density at radius 1 is 1.07 bits per heavy atom. The summed E-state index contributed by atoms with van der Waals surface area (Å²) in [5.41, 5.74) is 0.854. The largest absolute Gasteiger partial charge is 0.228 e. The summed E-state index contributed by atoms with van der Waals surface area (Å²) in [6.45, 7) is 6.96. The molecule has 0 spiro atoms. The van der Waals surface area contributed by atoms with Gasteiger partial charge in [-0.25, -0.2) is 8.42 Å². The predicted octanol–water partition coefficient (Wildman–Crippen LogP) is 2.96. The second-order valence-corrected chi connectivity index (χ2v) is 7.73. The average Bonchev–Trinajstić information content (AvgIpc) is 2.16. The fourth-order valence-corrected chi connectivity index (χ4v) is 3.01. The fraction of sp³-hybridized carbons (Fsp3) is 0.500. The zero-order valence-electron chi connectivity index (χ0n) is 9.69. The highest BCUT2D eigenvalue weighted by Gasteiger charge is 2.34. The zero-order chi connectivity index (χ0) is 11.7. The van der Waals surface area contributed by atoms with Gasteiger partial charge in [-0.2, -0.15) is 0 Å². The quantitative estimate of drug-likeness (QED) is 0.777. The van der Waals surface area contributed by atoms with Crippen LogP contribution in [0.5, 0.6) is 0 Å². The normalized spacial score (nSPS) is 14.9. The van der Waals surface area contributed by atoms with Crippen molar-refractivity contribution in [2.75, 3.05) is 0 Å². The monoisotopic (exact) mass is 226 g/mol. The van der Waals surface area contributed by atoms with Crippen molar-refractivity contribution in [3.63, 3.8) is 0 Å². The van der Waals surface area contributed by atoms with Crippen molar-refractivity contribution in [3.8, 4) is 0 Å². The van der Waals surface area contributed by atoms with E-state index >= 15 is 0 Å². The molecule has 0 amide bonds. The molecule has 0 saturated carbocycles. The molecule has 84 valence electrons. The van der Waals surface area contributed by atoms with E-state index in [1.54, 1.807) is 27.7 Å². The lowest BCUT2D eigenvalue weighted by Crippen LogP contribution is -2.31. The molecule has 0 fully saturated rings. The molecule has 3 heteroatoms. The van der Waals surface area contributed by atoms with E-state index in [2.05, 4.69) is 0 Å². The van der Waals surface area contributed by atoms with Crippen molar-refractivity contribution >= 4 is 9.84 Å². The van der Waals surface area contributed by atoms with Crippen molar-refractivity contribution < 1.29 is 8.42 Å². The minimum Gasteiger partial charge on any atom is -0.228 e. The van der Waals surface area contributed by atoms with Gasteiger partial charge in [-0.15, -0.1) is 0 Å². The van der Waals surface area contributed by atoms with Crippen molar-refractivity contribution in [2.45, 2.75) is 37.7 Å². The van der Waals surface area contributed by atoms with Crippen LogP contribution in [-0.2, 0) is 9.84 Å². The third-order valence-electron chi connectivity index (χ3n) is 2.59. The zero-order valence-corrected chi connectivity index (χ0v) is 10.5. The van der Waals surface area contributed by atoms with E-state index in [0.717, 1.165) is 5.56 Å². The third kappa shape index (κ3) is 2.40. The van der Waals surface area contributed by atoms with E-state index in [9.17, 15) is 8.42 Å². The summed E-state index contributed by atoms with van der Waals surface area (Å²) < 4.78 is 23.6. The van der Waals surface area contributed by atoms with Gasteiger partial charge in [0.1, 0.15) is 0 Å². The van der Waals surface area contributed by atoms with Gasteiger partial charge in [0.2, 0.25) is 0 Å². The van der Waals surface area contributed by atoms with E-state index in [1.807, 2.05) is 30.3 Å². The summed E-state index contributed by atoms with van der Waals surface area (Å²) >= 11 is 0. The molecule has 2 nitrogen and oxygen atoms in total. The molecular formula is C12H18O2S. The second-order valence-electron chi connectivity index (χ2n) is 4.71. The maximum absolute atomic E-state index is 12.2. The van der Waals surface area contributed by atoms with E-state index in [4.69, 9.17) is 0 Å². The fourth-order valence-electron chi connectivity index (χ4n) is 1.43. The number of hydrogen-bond donors (Lipinski definition) is 0. The van der Waals surface area contributed by atoms with Gasteiger partial charge in [-0.1, -0.05) is 30.3 Å². The SMILES string of the molecule is C[C@@H](c1ccccc1)S(=O)(=O)C(C)(C)C. The molecule has 0 heterocycles. The van der Waals surface area contributed by atoms with Gasteiger partial charge >= 0.3 is 0 Å². The Morgan fingerprint density at radius 2 is 1.53 bits per heavy atom. The number of hydrogen-bond acceptors (Lipinski definition) is 2. The third-order valence-corrected chi connectivity index (χ3v) is 5.50. The Bertz CT molecular complexity index is 413. The first-order valence-electron chi connectivity index (χ1n) is 5.05. The van der Waals surface area contributed by atoms with E-state index in [-0.39, 0.29) is 0 Å². The number of rotatable bonds is 2. The molecule has 1 rings (SSSR count). The minimum absolute atomic E-state index is 0.446. The van der Waals surface area contributed by atoms with Crippen LogP contribution in [0.2, 0.25) is 0 Å². The number of sulfone groups is 1. The van der Waals surface area contributed by atoms with Gasteiger partial charge in [0, 0.05) is 0 Å². The Morgan fingerprint density at radius 3 is 1.93 bits per heavy atom. The van der Waals surface area contributed by atoms with Gasteiger partial charge < -0.3 is 0 Å². The summed E-state index contributed by atoms with van der Waals surface area (Å²) in [6.07, 6.45) is 0. The van der Waals surface area contributed by atoms with Crippen LogP contribution in [-0.4, -0.2) is 13.2 Å². The predicted molar refractivity (Wildman–Crippen MR) is 63.5 cm³/mol. The van der Waals surface area contributed by atoms with Gasteiger partial charge in [0.15, 0.2) is 9.84 Å². The van der Waals surface area contributed by atoms with Crippen LogP contribution in [0.15, 0.2) is 30.3 Å². The molecule has 0 aliphatic carbocycles. The summed E-state index contributed by atoms with van der Waals surface area (Å²) in [4.78, 5) is 0. The molecule has 0 radical (unpaired) electrons. The van der Waals surface area contributed by atoms with Gasteiger partial charge in [0.25, 0.3) is 0 Å². The van der Waals surface area contributed by atoms with Crippen LogP contribution in [0.4, 0.5) is 0 Å². The molecule has 1 atom stereocenters. The topological polar surface area (TPSA) is 34.1 Å². The van der Waals surface area contributed by atoms with Crippen LogP contribution in [0.1, 0.15) is 38.5 Å². The van der Waals surface area contributed by atoms with Crippen LogP contribution in [0.25, 0.3) is 0 Å². The highest BCUT2D eigenvalue weighted by molar-refractivity contribution is 7.92. The molecule has 0 aliphatic rings. The summed E-state index contributed by atoms with van der Waals surface area (Å²) in [7, 11) is -3.13. The lowest BCUT2D eigenvalue weighted by molar-refractivity contribution is 0.549. The number of benzene rings is 1. The van der Waals surface area contributed by atoms with Crippen LogP contribution < -0.4 is 0 Å². The van der Waals surface area contributed by atoms with Crippen molar-refractivity contribution in [2.24, 2.45) is 0 Å². The van der Waals surface area contributed by atoms with Crippen LogP contribution in [0, 0.1) is 0 Å². The van der Waals surface area contributed by atoms with Gasteiger partial charge in [-0.3, -0.25) is 0 Å². The lowest BCUT2D eigenvalue weighted by Gasteiger charge is -2.24. The summed E-state index contributed by atoms with van der Waals surface area (Å²) in [5, 5.41) is -0.446. The van der Waals surface area contributed by atoms with Crippen LogP contribution >= 0.6 is 0 Å². The standard InChI is InChI=1S/C12H18O2S/c1-10(11-8-6-5-7-9-11)15(13,14)12(2,3)4/h5-10H,1-4H3/t10-/m0/s1. The van der Waals surface area contributed by atoms with Gasteiger partial charge in [0.05, 0.1) is 10.00 Å². The smallest absolute Gasteiger partial charge is 0.161 e. The Balaban J connectivity index is 3.12. The van der Waals surface area contributed by atoms with Crippen molar-refractivity contribution in [1.82, 2.24) is 0 Å². The van der Waals surface area contributed by atoms with Crippen LogP contribution in [0.3, 0.4) is 0 Å². The first kappa shape index (κ1) is 12.2.